The third-order valence-electron chi connectivity index (χ3n) is 5.18. The van der Waals surface area contributed by atoms with Gasteiger partial charge in [-0.25, -0.2) is 0 Å². The Morgan fingerprint density at radius 1 is 0.818 bits per heavy atom. The van der Waals surface area contributed by atoms with Crippen molar-refractivity contribution in [2.45, 2.75) is 13.0 Å². The van der Waals surface area contributed by atoms with Crippen LogP contribution >= 0.6 is 0 Å². The van der Waals surface area contributed by atoms with Crippen LogP contribution in [0.5, 0.6) is 17.2 Å². The average Bonchev–Trinajstić information content (AvgIpc) is 2.86. The number of rotatable bonds is 10. The predicted molar refractivity (Wildman–Crippen MR) is 127 cm³/mol. The van der Waals surface area contributed by atoms with Crippen LogP contribution < -0.4 is 19.6 Å². The average molecular weight is 446 g/mol. The van der Waals surface area contributed by atoms with Gasteiger partial charge in [0.2, 0.25) is 0 Å². The Balaban J connectivity index is 1.46. The topological polar surface area (TPSA) is 67.1 Å². The van der Waals surface area contributed by atoms with Gasteiger partial charge in [0.25, 0.3) is 0 Å². The van der Waals surface area contributed by atoms with Crippen LogP contribution in [0.1, 0.15) is 12.0 Å². The molecule has 33 heavy (non-hydrogen) atoms. The summed E-state index contributed by atoms with van der Waals surface area (Å²) in [7, 11) is 3.13. The summed E-state index contributed by atoms with van der Waals surface area (Å²) in [5.41, 5.74) is 2.14. The Labute approximate surface area is 192 Å². The first-order valence-electron chi connectivity index (χ1n) is 10.7. The predicted octanol–water partition coefficient (Wildman–Crippen LogP) is 5.46. The third-order valence-corrected chi connectivity index (χ3v) is 5.18. The Morgan fingerprint density at radius 2 is 1.61 bits per heavy atom. The highest BCUT2D eigenvalue weighted by Gasteiger charge is 2.14. The number of methoxy groups -OCH3 is 2. The third kappa shape index (κ3) is 5.54. The van der Waals surface area contributed by atoms with Crippen LogP contribution in [-0.2, 0) is 11.3 Å². The summed E-state index contributed by atoms with van der Waals surface area (Å²) < 4.78 is 28.3. The maximum Gasteiger partial charge on any atom is 0.197 e. The van der Waals surface area contributed by atoms with Crippen LogP contribution in [0.25, 0.3) is 22.3 Å². The second kappa shape index (κ2) is 10.7. The Morgan fingerprint density at radius 3 is 2.33 bits per heavy atom. The molecule has 0 aliphatic rings. The summed E-state index contributed by atoms with van der Waals surface area (Å²) in [6.07, 6.45) is 0.725. The SMILES string of the molecule is COc1ccc(-c2cc(=O)c3c(OC)cc(OCCCOCc4ccccc4)cc3o2)cc1. The first kappa shape index (κ1) is 22.4. The molecule has 4 aromatic rings. The number of hydrogen-bond donors (Lipinski definition) is 0. The molecule has 0 unspecified atom stereocenters. The Hall–Kier alpha value is -3.77. The van der Waals surface area contributed by atoms with Gasteiger partial charge in [-0.1, -0.05) is 30.3 Å². The molecular weight excluding hydrogens is 420 g/mol. The normalized spacial score (nSPS) is 10.8. The molecule has 0 N–H and O–H groups in total. The van der Waals surface area contributed by atoms with Crippen molar-refractivity contribution in [2.75, 3.05) is 27.4 Å². The fraction of sp³-hybridized carbons (Fsp3) is 0.222. The minimum absolute atomic E-state index is 0.181. The van der Waals surface area contributed by atoms with Crippen molar-refractivity contribution in [1.82, 2.24) is 0 Å². The number of fused-ring (bicyclic) bond motifs is 1. The van der Waals surface area contributed by atoms with E-state index in [2.05, 4.69) is 0 Å². The summed E-state index contributed by atoms with van der Waals surface area (Å²) in [5.74, 6) is 2.17. The fourth-order valence-electron chi connectivity index (χ4n) is 3.49. The van der Waals surface area contributed by atoms with Gasteiger partial charge in [0.15, 0.2) is 5.43 Å². The van der Waals surface area contributed by atoms with Gasteiger partial charge in [-0.2, -0.15) is 0 Å². The van der Waals surface area contributed by atoms with Crippen molar-refractivity contribution < 1.29 is 23.4 Å². The van der Waals surface area contributed by atoms with Crippen molar-refractivity contribution in [3.63, 3.8) is 0 Å². The van der Waals surface area contributed by atoms with Gasteiger partial charge in [0.05, 0.1) is 34.0 Å². The van der Waals surface area contributed by atoms with Gasteiger partial charge in [0, 0.05) is 30.2 Å². The largest absolute Gasteiger partial charge is 0.497 e. The molecule has 0 spiro atoms. The molecule has 0 aliphatic carbocycles. The van der Waals surface area contributed by atoms with Gasteiger partial charge in [-0.05, 0) is 29.8 Å². The highest BCUT2D eigenvalue weighted by Crippen LogP contribution is 2.32. The lowest BCUT2D eigenvalue weighted by molar-refractivity contribution is 0.107. The van der Waals surface area contributed by atoms with E-state index in [4.69, 9.17) is 23.4 Å². The highest BCUT2D eigenvalue weighted by atomic mass is 16.5. The zero-order chi connectivity index (χ0) is 23.0. The van der Waals surface area contributed by atoms with Crippen LogP contribution in [0.15, 0.2) is 82.0 Å². The summed E-state index contributed by atoms with van der Waals surface area (Å²) in [6, 6.07) is 22.3. The van der Waals surface area contributed by atoms with Gasteiger partial charge < -0.3 is 23.4 Å². The molecular formula is C27H26O6. The summed E-state index contributed by atoms with van der Waals surface area (Å²) in [6.45, 7) is 1.62. The molecule has 1 heterocycles. The Kier molecular flexibility index (Phi) is 7.27. The minimum atomic E-state index is -0.181. The molecule has 0 radical (unpaired) electrons. The summed E-state index contributed by atoms with van der Waals surface area (Å²) in [4.78, 5) is 12.8. The lowest BCUT2D eigenvalue weighted by Crippen LogP contribution is -2.06. The van der Waals surface area contributed by atoms with Crippen LogP contribution in [0.4, 0.5) is 0 Å². The molecule has 1 aromatic heterocycles. The number of benzene rings is 3. The van der Waals surface area contributed by atoms with Gasteiger partial charge in [-0.15, -0.1) is 0 Å². The van der Waals surface area contributed by atoms with Crippen LogP contribution in [0.3, 0.4) is 0 Å². The van der Waals surface area contributed by atoms with E-state index >= 15 is 0 Å². The fourth-order valence-corrected chi connectivity index (χ4v) is 3.49. The molecule has 0 atom stereocenters. The highest BCUT2D eigenvalue weighted by molar-refractivity contribution is 5.86. The van der Waals surface area contributed by atoms with E-state index in [1.54, 1.807) is 19.2 Å². The molecule has 3 aromatic carbocycles. The van der Waals surface area contributed by atoms with Crippen LogP contribution in [-0.4, -0.2) is 27.4 Å². The Bertz CT molecular complexity index is 1250. The zero-order valence-corrected chi connectivity index (χ0v) is 18.7. The lowest BCUT2D eigenvalue weighted by Gasteiger charge is -2.11. The molecule has 170 valence electrons. The second-order valence-electron chi connectivity index (χ2n) is 7.44. The summed E-state index contributed by atoms with van der Waals surface area (Å²) in [5, 5.41) is 0.383. The lowest BCUT2D eigenvalue weighted by atomic mass is 10.1. The van der Waals surface area contributed by atoms with Crippen molar-refractivity contribution in [2.24, 2.45) is 0 Å². The summed E-state index contributed by atoms with van der Waals surface area (Å²) >= 11 is 0. The molecule has 0 bridgehead atoms. The van der Waals surface area contributed by atoms with Crippen molar-refractivity contribution in [3.05, 3.63) is 88.6 Å². The van der Waals surface area contributed by atoms with E-state index in [0.29, 0.717) is 48.0 Å². The molecule has 6 heteroatoms. The molecule has 0 fully saturated rings. The van der Waals surface area contributed by atoms with E-state index < -0.39 is 0 Å². The first-order chi connectivity index (χ1) is 16.2. The zero-order valence-electron chi connectivity index (χ0n) is 18.7. The van der Waals surface area contributed by atoms with Crippen molar-refractivity contribution >= 4 is 11.0 Å². The quantitative estimate of drug-likeness (QED) is 0.301. The van der Waals surface area contributed by atoms with Crippen LogP contribution in [0, 0.1) is 0 Å². The minimum Gasteiger partial charge on any atom is -0.497 e. The van der Waals surface area contributed by atoms with E-state index in [9.17, 15) is 4.79 Å². The van der Waals surface area contributed by atoms with Gasteiger partial charge >= 0.3 is 0 Å². The molecule has 6 nitrogen and oxygen atoms in total. The molecule has 0 saturated carbocycles. The van der Waals surface area contributed by atoms with E-state index in [-0.39, 0.29) is 5.43 Å². The monoisotopic (exact) mass is 446 g/mol. The van der Waals surface area contributed by atoms with E-state index in [0.717, 1.165) is 23.3 Å². The molecule has 4 rings (SSSR count). The van der Waals surface area contributed by atoms with Crippen molar-refractivity contribution in [1.29, 1.82) is 0 Å². The molecule has 0 saturated heterocycles. The maximum atomic E-state index is 12.8. The number of hydrogen-bond acceptors (Lipinski definition) is 6. The van der Waals surface area contributed by atoms with Gasteiger partial charge in [-0.3, -0.25) is 4.79 Å². The molecule has 0 aliphatic heterocycles. The number of ether oxygens (including phenoxy) is 4. The molecule has 0 amide bonds. The maximum absolute atomic E-state index is 12.8. The van der Waals surface area contributed by atoms with E-state index in [1.165, 1.54) is 13.2 Å². The van der Waals surface area contributed by atoms with Gasteiger partial charge in [0.1, 0.15) is 34.0 Å². The second-order valence-corrected chi connectivity index (χ2v) is 7.44. The van der Waals surface area contributed by atoms with Crippen molar-refractivity contribution in [3.8, 4) is 28.6 Å². The smallest absolute Gasteiger partial charge is 0.197 e. The van der Waals surface area contributed by atoms with Crippen LogP contribution in [0.2, 0.25) is 0 Å². The van der Waals surface area contributed by atoms with E-state index in [1.807, 2.05) is 54.6 Å². The standard InChI is InChI=1S/C27H26O6/c1-29-21-11-9-20(10-12-21)24-17-23(28)27-25(30-2)15-22(16-26(27)33-24)32-14-6-13-31-18-19-7-4-3-5-8-19/h3-5,7-12,15-17H,6,13-14,18H2,1-2H3. The first-order valence-corrected chi connectivity index (χ1v) is 10.7.